The third-order valence-electron chi connectivity index (χ3n) is 3.86. The largest absolute Gasteiger partial charge is 0.408 e. The van der Waals surface area contributed by atoms with E-state index in [2.05, 4.69) is 15.6 Å². The van der Waals surface area contributed by atoms with Crippen LogP contribution in [-0.2, 0) is 13.5 Å². The molecule has 0 aliphatic heterocycles. The van der Waals surface area contributed by atoms with E-state index >= 15 is 0 Å². The van der Waals surface area contributed by atoms with Crippen LogP contribution in [0, 0.1) is 0 Å². The second-order valence-corrected chi connectivity index (χ2v) is 5.67. The predicted molar refractivity (Wildman–Crippen MR) is 86.0 cm³/mol. The van der Waals surface area contributed by atoms with Gasteiger partial charge in [-0.2, -0.15) is 13.2 Å². The summed E-state index contributed by atoms with van der Waals surface area (Å²) in [6.07, 6.45) is -4.88. The predicted octanol–water partition coefficient (Wildman–Crippen LogP) is 2.87. The number of carbonyl (C=O) groups is 1. The summed E-state index contributed by atoms with van der Waals surface area (Å²) in [6.45, 7) is 0. The van der Waals surface area contributed by atoms with Crippen LogP contribution in [-0.4, -0.2) is 33.1 Å². The van der Waals surface area contributed by atoms with Crippen LogP contribution in [0.4, 0.5) is 13.2 Å². The number of amides is 1. The van der Waals surface area contributed by atoms with E-state index in [-0.39, 0.29) is 12.0 Å². The molecule has 8 heteroatoms. The van der Waals surface area contributed by atoms with Gasteiger partial charge in [0, 0.05) is 19.0 Å². The van der Waals surface area contributed by atoms with Crippen molar-refractivity contribution < 1.29 is 18.0 Å². The van der Waals surface area contributed by atoms with E-state index in [4.69, 9.17) is 0 Å². The van der Waals surface area contributed by atoms with E-state index in [0.29, 0.717) is 16.6 Å². The van der Waals surface area contributed by atoms with Gasteiger partial charge in [0.25, 0.3) is 5.91 Å². The van der Waals surface area contributed by atoms with Crippen LogP contribution >= 0.6 is 0 Å². The molecule has 0 spiro atoms. The number of carbonyl (C=O) groups excluding carboxylic acids is 1. The molecular formula is C17H15F3N4O. The van der Waals surface area contributed by atoms with Crippen molar-refractivity contribution in [3.8, 4) is 0 Å². The number of nitrogens with zero attached hydrogens (tertiary/aromatic N) is 3. The molecule has 1 aromatic heterocycles. The molecule has 3 rings (SSSR count). The second-order valence-electron chi connectivity index (χ2n) is 5.67. The maximum Gasteiger partial charge on any atom is 0.408 e. The quantitative estimate of drug-likeness (QED) is 0.789. The minimum absolute atomic E-state index is 0.107. The Hall–Kier alpha value is -2.90. The topological polar surface area (TPSA) is 59.8 Å². The number of hydrogen-bond acceptors (Lipinski definition) is 3. The Balaban J connectivity index is 1.81. The van der Waals surface area contributed by atoms with Crippen molar-refractivity contribution in [3.05, 3.63) is 59.7 Å². The molecule has 130 valence electrons. The van der Waals surface area contributed by atoms with E-state index in [1.807, 2.05) is 0 Å². The smallest absolute Gasteiger partial charge is 0.340 e. The lowest BCUT2D eigenvalue weighted by molar-refractivity contribution is -0.153. The number of halogens is 3. The summed E-state index contributed by atoms with van der Waals surface area (Å²) in [7, 11) is 1.69. The molecule has 0 saturated heterocycles. The van der Waals surface area contributed by atoms with Gasteiger partial charge >= 0.3 is 6.18 Å². The van der Waals surface area contributed by atoms with Gasteiger partial charge in [0.05, 0.1) is 5.52 Å². The fraction of sp³-hybridized carbons (Fsp3) is 0.235. The van der Waals surface area contributed by atoms with Crippen LogP contribution in [0.2, 0.25) is 0 Å². The van der Waals surface area contributed by atoms with Crippen LogP contribution < -0.4 is 5.32 Å². The molecule has 3 aromatic rings. The molecule has 1 atom stereocenters. The molecular weight excluding hydrogens is 333 g/mol. The first kappa shape index (κ1) is 16.9. The van der Waals surface area contributed by atoms with E-state index in [1.165, 1.54) is 16.8 Å². The highest BCUT2D eigenvalue weighted by atomic mass is 19.4. The lowest BCUT2D eigenvalue weighted by Gasteiger charge is -2.22. The third-order valence-corrected chi connectivity index (χ3v) is 3.86. The van der Waals surface area contributed by atoms with Crippen molar-refractivity contribution in [2.24, 2.45) is 7.05 Å². The first-order valence-corrected chi connectivity index (χ1v) is 7.55. The van der Waals surface area contributed by atoms with Gasteiger partial charge in [-0.25, -0.2) is 4.68 Å². The summed E-state index contributed by atoms with van der Waals surface area (Å²) in [5.74, 6) is -0.800. The minimum atomic E-state index is -4.55. The highest BCUT2D eigenvalue weighted by molar-refractivity contribution is 5.97. The average Bonchev–Trinajstić information content (AvgIpc) is 2.95. The number of hydrogen-bond donors (Lipinski definition) is 1. The van der Waals surface area contributed by atoms with Gasteiger partial charge in [-0.1, -0.05) is 35.5 Å². The number of nitrogens with one attached hydrogen (secondary N) is 1. The standard InChI is InChI=1S/C17H15F3N4O/c1-24-14-8-7-12(10-13(14)22-23-24)16(25)21-15(17(18,19)20)9-11-5-3-2-4-6-11/h2-8,10,15H,9H2,1H3,(H,21,25)/t15-/m0/s1. The molecule has 0 aliphatic carbocycles. The summed E-state index contributed by atoms with van der Waals surface area (Å²) in [4.78, 5) is 12.3. The maximum absolute atomic E-state index is 13.3. The molecule has 25 heavy (non-hydrogen) atoms. The monoisotopic (exact) mass is 348 g/mol. The second kappa shape index (κ2) is 6.54. The zero-order chi connectivity index (χ0) is 18.0. The van der Waals surface area contributed by atoms with Crippen molar-refractivity contribution in [1.29, 1.82) is 0 Å². The molecule has 0 bridgehead atoms. The van der Waals surface area contributed by atoms with Crippen molar-refractivity contribution >= 4 is 16.9 Å². The van der Waals surface area contributed by atoms with E-state index < -0.39 is 18.1 Å². The van der Waals surface area contributed by atoms with Gasteiger partial charge in [0.15, 0.2) is 0 Å². The number of aromatic nitrogens is 3. The number of aryl methyl sites for hydroxylation is 1. The van der Waals surface area contributed by atoms with Gasteiger partial charge in [-0.15, -0.1) is 5.10 Å². The molecule has 0 radical (unpaired) electrons. The summed E-state index contributed by atoms with van der Waals surface area (Å²) in [6, 6.07) is 10.7. The SMILES string of the molecule is Cn1nnc2cc(C(=O)N[C@@H](Cc3ccccc3)C(F)(F)F)ccc21. The normalized spacial score (nSPS) is 13.0. The van der Waals surface area contributed by atoms with Crippen LogP contribution in [0.25, 0.3) is 11.0 Å². The molecule has 1 heterocycles. The molecule has 0 fully saturated rings. The lowest BCUT2D eigenvalue weighted by Crippen LogP contribution is -2.46. The minimum Gasteiger partial charge on any atom is -0.340 e. The molecule has 0 saturated carbocycles. The number of rotatable bonds is 4. The Bertz CT molecular complexity index is 890. The van der Waals surface area contributed by atoms with Crippen molar-refractivity contribution in [2.75, 3.05) is 0 Å². The fourth-order valence-corrected chi connectivity index (χ4v) is 2.52. The van der Waals surface area contributed by atoms with E-state index in [0.717, 1.165) is 0 Å². The molecule has 1 N–H and O–H groups in total. The first-order valence-electron chi connectivity index (χ1n) is 7.55. The van der Waals surface area contributed by atoms with Gasteiger partial charge in [0.2, 0.25) is 0 Å². The van der Waals surface area contributed by atoms with Gasteiger partial charge in [-0.05, 0) is 23.8 Å². The van der Waals surface area contributed by atoms with Gasteiger partial charge in [0.1, 0.15) is 11.6 Å². The summed E-state index contributed by atoms with van der Waals surface area (Å²) < 4.78 is 41.4. The Morgan fingerprint density at radius 1 is 1.20 bits per heavy atom. The van der Waals surface area contributed by atoms with Gasteiger partial charge in [-0.3, -0.25) is 4.79 Å². The zero-order valence-corrected chi connectivity index (χ0v) is 13.3. The third kappa shape index (κ3) is 3.78. The zero-order valence-electron chi connectivity index (χ0n) is 13.3. The van der Waals surface area contributed by atoms with Crippen LogP contribution in [0.5, 0.6) is 0 Å². The average molecular weight is 348 g/mol. The molecule has 0 aliphatic rings. The van der Waals surface area contributed by atoms with E-state index in [9.17, 15) is 18.0 Å². The number of benzene rings is 2. The van der Waals surface area contributed by atoms with Crippen LogP contribution in [0.15, 0.2) is 48.5 Å². The Morgan fingerprint density at radius 2 is 1.92 bits per heavy atom. The summed E-state index contributed by atoms with van der Waals surface area (Å²) >= 11 is 0. The molecule has 1 amide bonds. The Kier molecular flexibility index (Phi) is 4.43. The summed E-state index contributed by atoms with van der Waals surface area (Å²) in [5.41, 5.74) is 1.74. The molecule has 2 aromatic carbocycles. The highest BCUT2D eigenvalue weighted by Gasteiger charge is 2.40. The van der Waals surface area contributed by atoms with Gasteiger partial charge < -0.3 is 5.32 Å². The number of fused-ring (bicyclic) bond motifs is 1. The fourth-order valence-electron chi connectivity index (χ4n) is 2.52. The Morgan fingerprint density at radius 3 is 2.60 bits per heavy atom. The highest BCUT2D eigenvalue weighted by Crippen LogP contribution is 2.24. The first-order chi connectivity index (χ1) is 11.8. The van der Waals surface area contributed by atoms with Crippen molar-refractivity contribution in [2.45, 2.75) is 18.6 Å². The maximum atomic E-state index is 13.3. The van der Waals surface area contributed by atoms with E-state index in [1.54, 1.807) is 43.4 Å². The Labute approximate surface area is 141 Å². The molecule has 0 unspecified atom stereocenters. The van der Waals surface area contributed by atoms with Crippen molar-refractivity contribution in [1.82, 2.24) is 20.3 Å². The van der Waals surface area contributed by atoms with Crippen LogP contribution in [0.3, 0.4) is 0 Å². The summed E-state index contributed by atoms with van der Waals surface area (Å²) in [5, 5.41) is 9.75. The number of alkyl halides is 3. The van der Waals surface area contributed by atoms with Crippen LogP contribution in [0.1, 0.15) is 15.9 Å². The van der Waals surface area contributed by atoms with Crippen molar-refractivity contribution in [3.63, 3.8) is 0 Å². The lowest BCUT2D eigenvalue weighted by atomic mass is 10.0. The molecule has 5 nitrogen and oxygen atoms in total.